The third-order valence-electron chi connectivity index (χ3n) is 5.81. The standard InChI is InChI=1S/C25H24N2O4/c1-28-22-15-24(30-3)23(29-2)13-18(22)25-27-20(17-11-7-8-12-21(17)31-25)14-19(26-27)16-9-5-4-6-10-16/h4-13,15,20,25H,14H2,1-3H3/t20-,25+/m1/s1. The number of ether oxygens (including phenoxy) is 4. The van der Waals surface area contributed by atoms with Crippen molar-refractivity contribution in [2.75, 3.05) is 21.3 Å². The fraction of sp³-hybridized carbons (Fsp3) is 0.240. The molecule has 2 heterocycles. The van der Waals surface area contributed by atoms with Crippen LogP contribution in [0.1, 0.15) is 35.4 Å². The van der Waals surface area contributed by atoms with Gasteiger partial charge in [-0.2, -0.15) is 5.10 Å². The maximum absolute atomic E-state index is 6.47. The highest BCUT2D eigenvalue weighted by Gasteiger charge is 2.42. The summed E-state index contributed by atoms with van der Waals surface area (Å²) in [6.07, 6.45) is 0.340. The van der Waals surface area contributed by atoms with E-state index in [4.69, 9.17) is 24.0 Å². The zero-order valence-corrected chi connectivity index (χ0v) is 17.7. The van der Waals surface area contributed by atoms with Gasteiger partial charge in [-0.25, -0.2) is 5.01 Å². The van der Waals surface area contributed by atoms with E-state index in [1.54, 1.807) is 21.3 Å². The molecule has 0 fully saturated rings. The molecule has 31 heavy (non-hydrogen) atoms. The predicted molar refractivity (Wildman–Crippen MR) is 118 cm³/mol. The van der Waals surface area contributed by atoms with Gasteiger partial charge in [0, 0.05) is 18.1 Å². The molecular weight excluding hydrogens is 392 g/mol. The molecule has 0 aliphatic carbocycles. The molecule has 2 aliphatic rings. The van der Waals surface area contributed by atoms with Crippen molar-refractivity contribution in [2.24, 2.45) is 5.10 Å². The molecule has 0 bridgehead atoms. The summed E-state index contributed by atoms with van der Waals surface area (Å²) in [6, 6.07) is 22.2. The van der Waals surface area contributed by atoms with Crippen LogP contribution in [-0.2, 0) is 0 Å². The van der Waals surface area contributed by atoms with Gasteiger partial charge >= 0.3 is 0 Å². The minimum Gasteiger partial charge on any atom is -0.496 e. The number of hydrogen-bond acceptors (Lipinski definition) is 6. The second kappa shape index (κ2) is 7.87. The van der Waals surface area contributed by atoms with Crippen LogP contribution in [0.25, 0.3) is 0 Å². The molecule has 0 saturated heterocycles. The lowest BCUT2D eigenvalue weighted by Crippen LogP contribution is -2.34. The maximum Gasteiger partial charge on any atom is 0.217 e. The predicted octanol–water partition coefficient (Wildman–Crippen LogP) is 4.95. The minimum absolute atomic E-state index is 0.0722. The molecule has 6 heteroatoms. The third-order valence-corrected chi connectivity index (χ3v) is 5.81. The largest absolute Gasteiger partial charge is 0.496 e. The zero-order valence-electron chi connectivity index (χ0n) is 17.7. The fourth-order valence-corrected chi connectivity index (χ4v) is 4.29. The van der Waals surface area contributed by atoms with Crippen LogP contribution in [0.4, 0.5) is 0 Å². The number of hydrogen-bond donors (Lipinski definition) is 0. The van der Waals surface area contributed by atoms with Crippen molar-refractivity contribution in [1.82, 2.24) is 5.01 Å². The Hall–Kier alpha value is -3.67. The quantitative estimate of drug-likeness (QED) is 0.589. The molecule has 0 amide bonds. The van der Waals surface area contributed by atoms with Crippen LogP contribution >= 0.6 is 0 Å². The Morgan fingerprint density at radius 3 is 2.23 bits per heavy atom. The molecule has 2 atom stereocenters. The summed E-state index contributed by atoms with van der Waals surface area (Å²) in [6.45, 7) is 0. The van der Waals surface area contributed by atoms with Crippen molar-refractivity contribution in [3.8, 4) is 23.0 Å². The Morgan fingerprint density at radius 1 is 0.806 bits per heavy atom. The first kappa shape index (κ1) is 19.3. The number of methoxy groups -OCH3 is 3. The molecule has 3 aromatic rings. The number of hydrazone groups is 1. The van der Waals surface area contributed by atoms with E-state index >= 15 is 0 Å². The number of fused-ring (bicyclic) bond motifs is 3. The third kappa shape index (κ3) is 3.24. The molecule has 0 unspecified atom stereocenters. The Kier molecular flexibility index (Phi) is 4.90. The highest BCUT2D eigenvalue weighted by molar-refractivity contribution is 6.01. The van der Waals surface area contributed by atoms with Crippen LogP contribution in [0.2, 0.25) is 0 Å². The first-order valence-electron chi connectivity index (χ1n) is 10.2. The van der Waals surface area contributed by atoms with Crippen LogP contribution in [0.15, 0.2) is 71.8 Å². The van der Waals surface area contributed by atoms with Crippen LogP contribution in [0.3, 0.4) is 0 Å². The summed E-state index contributed by atoms with van der Waals surface area (Å²) in [5.41, 5.74) is 4.12. The van der Waals surface area contributed by atoms with Gasteiger partial charge in [-0.3, -0.25) is 0 Å². The van der Waals surface area contributed by atoms with E-state index in [-0.39, 0.29) is 6.04 Å². The fourth-order valence-electron chi connectivity index (χ4n) is 4.29. The Morgan fingerprint density at radius 2 is 1.48 bits per heavy atom. The highest BCUT2D eigenvalue weighted by atomic mass is 16.5. The molecule has 6 nitrogen and oxygen atoms in total. The van der Waals surface area contributed by atoms with E-state index < -0.39 is 6.23 Å². The van der Waals surface area contributed by atoms with E-state index in [0.29, 0.717) is 17.2 Å². The monoisotopic (exact) mass is 416 g/mol. The smallest absolute Gasteiger partial charge is 0.217 e. The summed E-state index contributed by atoms with van der Waals surface area (Å²) in [5.74, 6) is 2.73. The van der Waals surface area contributed by atoms with E-state index in [1.165, 1.54) is 0 Å². The first-order chi connectivity index (χ1) is 15.2. The van der Waals surface area contributed by atoms with Crippen molar-refractivity contribution in [3.05, 3.63) is 83.4 Å². The van der Waals surface area contributed by atoms with Gasteiger partial charge in [0.15, 0.2) is 11.5 Å². The summed E-state index contributed by atoms with van der Waals surface area (Å²) >= 11 is 0. The molecule has 0 radical (unpaired) electrons. The van der Waals surface area contributed by atoms with Gasteiger partial charge in [0.1, 0.15) is 11.5 Å². The van der Waals surface area contributed by atoms with E-state index in [1.807, 2.05) is 53.5 Å². The first-order valence-corrected chi connectivity index (χ1v) is 10.2. The van der Waals surface area contributed by atoms with Crippen LogP contribution in [-0.4, -0.2) is 32.0 Å². The van der Waals surface area contributed by atoms with Crippen molar-refractivity contribution in [2.45, 2.75) is 18.7 Å². The van der Waals surface area contributed by atoms with Crippen molar-refractivity contribution < 1.29 is 18.9 Å². The summed E-state index contributed by atoms with van der Waals surface area (Å²) in [7, 11) is 4.87. The van der Waals surface area contributed by atoms with Gasteiger partial charge in [0.25, 0.3) is 0 Å². The number of rotatable bonds is 5. The van der Waals surface area contributed by atoms with Crippen molar-refractivity contribution in [1.29, 1.82) is 0 Å². The second-order valence-corrected chi connectivity index (χ2v) is 7.47. The molecule has 0 saturated carbocycles. The normalized spacial score (nSPS) is 19.1. The zero-order chi connectivity index (χ0) is 21.4. The lowest BCUT2D eigenvalue weighted by molar-refractivity contribution is -0.0205. The van der Waals surface area contributed by atoms with Crippen molar-refractivity contribution in [3.63, 3.8) is 0 Å². The molecule has 0 aromatic heterocycles. The molecule has 2 aliphatic heterocycles. The highest BCUT2D eigenvalue weighted by Crippen LogP contribution is 2.50. The molecule has 0 N–H and O–H groups in total. The summed E-state index contributed by atoms with van der Waals surface area (Å²) < 4.78 is 23.2. The molecule has 3 aromatic carbocycles. The number of nitrogens with zero attached hydrogens (tertiary/aromatic N) is 2. The molecule has 158 valence electrons. The van der Waals surface area contributed by atoms with Crippen LogP contribution in [0, 0.1) is 0 Å². The lowest BCUT2D eigenvalue weighted by Gasteiger charge is -2.38. The van der Waals surface area contributed by atoms with Crippen molar-refractivity contribution >= 4 is 5.71 Å². The number of para-hydroxylation sites is 1. The average Bonchev–Trinajstić information content (AvgIpc) is 3.29. The maximum atomic E-state index is 6.47. The van der Waals surface area contributed by atoms with Gasteiger partial charge in [-0.15, -0.1) is 0 Å². The molecule has 5 rings (SSSR count). The topological polar surface area (TPSA) is 52.5 Å². The summed E-state index contributed by atoms with van der Waals surface area (Å²) in [4.78, 5) is 0. The van der Waals surface area contributed by atoms with E-state index in [9.17, 15) is 0 Å². The average molecular weight is 416 g/mol. The van der Waals surface area contributed by atoms with Gasteiger partial charge < -0.3 is 18.9 Å². The summed E-state index contributed by atoms with van der Waals surface area (Å²) in [5, 5.41) is 7.04. The second-order valence-electron chi connectivity index (χ2n) is 7.47. The van der Waals surface area contributed by atoms with Gasteiger partial charge in [0.2, 0.25) is 6.23 Å². The molecule has 0 spiro atoms. The lowest BCUT2D eigenvalue weighted by atomic mass is 9.96. The van der Waals surface area contributed by atoms with E-state index in [0.717, 1.165) is 34.6 Å². The Balaban J connectivity index is 1.64. The van der Waals surface area contributed by atoms with Gasteiger partial charge in [-0.05, 0) is 17.7 Å². The van der Waals surface area contributed by atoms with Gasteiger partial charge in [0.05, 0.1) is 38.6 Å². The van der Waals surface area contributed by atoms with E-state index in [2.05, 4.69) is 18.2 Å². The van der Waals surface area contributed by atoms with Gasteiger partial charge in [-0.1, -0.05) is 48.5 Å². The van der Waals surface area contributed by atoms with Crippen LogP contribution in [0.5, 0.6) is 23.0 Å². The minimum atomic E-state index is -0.462. The Bertz CT molecular complexity index is 1130. The molecular formula is C25H24N2O4. The van der Waals surface area contributed by atoms with Crippen LogP contribution < -0.4 is 18.9 Å². The number of benzene rings is 3. The SMILES string of the molecule is COc1cc(OC)c([C@@H]2Oc3ccccc3[C@H]3CC(c4ccccc4)=NN32)cc1OC. The Labute approximate surface area is 181 Å².